The topological polar surface area (TPSA) is 18.5 Å². The minimum atomic E-state index is 0.871. The molecular weight excluding hydrogens is 260 g/mol. The van der Waals surface area contributed by atoms with Gasteiger partial charge < -0.3 is 9.47 Å². The van der Waals surface area contributed by atoms with Crippen molar-refractivity contribution in [1.82, 2.24) is 0 Å². The first-order valence-corrected chi connectivity index (χ1v) is 8.19. The highest BCUT2D eigenvalue weighted by Crippen LogP contribution is 2.35. The Kier molecular flexibility index (Phi) is 6.16. The predicted molar refractivity (Wildman–Crippen MR) is 89.0 cm³/mol. The summed E-state index contributed by atoms with van der Waals surface area (Å²) in [5, 5.41) is 0. The maximum absolute atomic E-state index is 5.37. The zero-order valence-electron chi connectivity index (χ0n) is 13.7. The first-order chi connectivity index (χ1) is 10.3. The molecule has 1 aliphatic carbocycles. The van der Waals surface area contributed by atoms with Gasteiger partial charge in [-0.2, -0.15) is 0 Å². The van der Waals surface area contributed by atoms with Crippen molar-refractivity contribution in [1.29, 1.82) is 0 Å². The van der Waals surface area contributed by atoms with Crippen molar-refractivity contribution in [3.8, 4) is 11.5 Å². The number of allylic oxidation sites excluding steroid dienone is 2. The quantitative estimate of drug-likeness (QED) is 0.620. The molecule has 2 nitrogen and oxygen atoms in total. The molecule has 2 rings (SSSR count). The average Bonchev–Trinajstić information content (AvgIpc) is 2.55. The maximum atomic E-state index is 5.37. The fourth-order valence-electron chi connectivity index (χ4n) is 3.09. The summed E-state index contributed by atoms with van der Waals surface area (Å²) in [5.41, 5.74) is 2.69. The highest BCUT2D eigenvalue weighted by Gasteiger charge is 2.16. The second-order valence-electron chi connectivity index (χ2n) is 5.97. The number of ether oxygens (including phenoxy) is 2. The zero-order valence-corrected chi connectivity index (χ0v) is 13.7. The summed E-state index contributed by atoms with van der Waals surface area (Å²) in [6.45, 7) is 2.27. The summed E-state index contributed by atoms with van der Waals surface area (Å²) in [6, 6.07) is 6.16. The van der Waals surface area contributed by atoms with E-state index in [4.69, 9.17) is 9.47 Å². The van der Waals surface area contributed by atoms with Crippen molar-refractivity contribution in [3.63, 3.8) is 0 Å². The number of hydrogen-bond acceptors (Lipinski definition) is 2. The number of rotatable bonds is 7. The van der Waals surface area contributed by atoms with E-state index >= 15 is 0 Å². The van der Waals surface area contributed by atoms with Crippen LogP contribution in [0, 0.1) is 5.92 Å². The Hall–Kier alpha value is -1.44. The third kappa shape index (κ3) is 4.52. The van der Waals surface area contributed by atoms with Gasteiger partial charge in [0.2, 0.25) is 0 Å². The monoisotopic (exact) mass is 288 g/mol. The van der Waals surface area contributed by atoms with Crippen molar-refractivity contribution < 1.29 is 9.47 Å². The van der Waals surface area contributed by atoms with Crippen LogP contribution in [0.2, 0.25) is 0 Å². The Morgan fingerprint density at radius 3 is 2.29 bits per heavy atom. The Morgan fingerprint density at radius 2 is 1.76 bits per heavy atom. The minimum Gasteiger partial charge on any atom is -0.497 e. The van der Waals surface area contributed by atoms with E-state index in [0.29, 0.717) is 0 Å². The molecule has 0 N–H and O–H groups in total. The van der Waals surface area contributed by atoms with Crippen LogP contribution in [-0.2, 0) is 0 Å². The molecule has 0 saturated heterocycles. The van der Waals surface area contributed by atoms with Gasteiger partial charge >= 0.3 is 0 Å². The second-order valence-corrected chi connectivity index (χ2v) is 5.97. The molecule has 0 fully saturated rings. The van der Waals surface area contributed by atoms with Crippen LogP contribution in [0.4, 0.5) is 0 Å². The van der Waals surface area contributed by atoms with Crippen molar-refractivity contribution in [3.05, 3.63) is 29.8 Å². The van der Waals surface area contributed by atoms with Gasteiger partial charge in [0.1, 0.15) is 11.5 Å². The molecule has 0 aromatic heterocycles. The summed E-state index contributed by atoms with van der Waals surface area (Å²) in [4.78, 5) is 0. The molecule has 1 aromatic rings. The molecule has 0 saturated carbocycles. The van der Waals surface area contributed by atoms with Crippen LogP contribution in [0.1, 0.15) is 57.4 Å². The van der Waals surface area contributed by atoms with Crippen LogP contribution >= 0.6 is 0 Å². The number of unbranched alkanes of at least 4 members (excludes halogenated alkanes) is 2. The van der Waals surface area contributed by atoms with E-state index in [9.17, 15) is 0 Å². The van der Waals surface area contributed by atoms with Crippen LogP contribution in [0.3, 0.4) is 0 Å². The first kappa shape index (κ1) is 15.9. The fourth-order valence-corrected chi connectivity index (χ4v) is 3.09. The third-order valence-electron chi connectivity index (χ3n) is 4.46. The maximum Gasteiger partial charge on any atom is 0.123 e. The molecule has 2 heteroatoms. The molecule has 1 aliphatic rings. The molecule has 1 unspecified atom stereocenters. The molecule has 116 valence electrons. The fraction of sp³-hybridized carbons (Fsp3) is 0.579. The molecule has 1 aromatic carbocycles. The van der Waals surface area contributed by atoms with Crippen molar-refractivity contribution in [2.45, 2.75) is 51.9 Å². The van der Waals surface area contributed by atoms with Crippen molar-refractivity contribution in [2.75, 3.05) is 14.2 Å². The van der Waals surface area contributed by atoms with E-state index in [-0.39, 0.29) is 0 Å². The molecular formula is C19H28O2. The zero-order chi connectivity index (χ0) is 15.1. The first-order valence-electron chi connectivity index (χ1n) is 8.19. The summed E-state index contributed by atoms with van der Waals surface area (Å²) >= 11 is 0. The Morgan fingerprint density at radius 1 is 1.05 bits per heavy atom. The number of methoxy groups -OCH3 is 2. The molecule has 21 heavy (non-hydrogen) atoms. The lowest BCUT2D eigenvalue weighted by molar-refractivity contribution is 0.394. The lowest BCUT2D eigenvalue weighted by Crippen LogP contribution is -2.05. The van der Waals surface area contributed by atoms with E-state index in [2.05, 4.69) is 25.1 Å². The van der Waals surface area contributed by atoms with Gasteiger partial charge in [-0.3, -0.25) is 0 Å². The lowest BCUT2D eigenvalue weighted by Gasteiger charge is -2.22. The standard InChI is InChI=1S/C19H28O2/c1-4-5-6-7-15-8-10-16(11-9-15)17-12-18(20-2)14-19(13-17)21-3/h10,12-15H,4-9,11H2,1-3H3. The third-order valence-corrected chi connectivity index (χ3v) is 4.46. The molecule has 0 spiro atoms. The average molecular weight is 288 g/mol. The summed E-state index contributed by atoms with van der Waals surface area (Å²) in [7, 11) is 3.41. The van der Waals surface area contributed by atoms with Crippen LogP contribution in [-0.4, -0.2) is 14.2 Å². The van der Waals surface area contributed by atoms with Crippen LogP contribution < -0.4 is 9.47 Å². The lowest BCUT2D eigenvalue weighted by atomic mass is 9.84. The Labute approximate surface area is 129 Å². The molecule has 0 bridgehead atoms. The van der Waals surface area contributed by atoms with Gasteiger partial charge in [-0.25, -0.2) is 0 Å². The number of hydrogen-bond donors (Lipinski definition) is 0. The van der Waals surface area contributed by atoms with E-state index < -0.39 is 0 Å². The van der Waals surface area contributed by atoms with E-state index in [1.54, 1.807) is 14.2 Å². The minimum absolute atomic E-state index is 0.871. The van der Waals surface area contributed by atoms with E-state index in [1.165, 1.54) is 56.1 Å². The van der Waals surface area contributed by atoms with Gasteiger partial charge in [0.25, 0.3) is 0 Å². The predicted octanol–water partition coefficient (Wildman–Crippen LogP) is 5.47. The second kappa shape index (κ2) is 8.11. The van der Waals surface area contributed by atoms with Gasteiger partial charge in [-0.05, 0) is 48.4 Å². The van der Waals surface area contributed by atoms with Crippen LogP contribution in [0.25, 0.3) is 5.57 Å². The molecule has 0 aliphatic heterocycles. The van der Waals surface area contributed by atoms with Crippen LogP contribution in [0.5, 0.6) is 11.5 Å². The summed E-state index contributed by atoms with van der Waals surface area (Å²) < 4.78 is 10.7. The van der Waals surface area contributed by atoms with Crippen molar-refractivity contribution >= 4 is 5.57 Å². The molecule has 0 heterocycles. The van der Waals surface area contributed by atoms with Crippen LogP contribution in [0.15, 0.2) is 24.3 Å². The van der Waals surface area contributed by atoms with Gasteiger partial charge in [0.05, 0.1) is 14.2 Å². The van der Waals surface area contributed by atoms with Gasteiger partial charge in [-0.1, -0.05) is 38.7 Å². The Balaban J connectivity index is 2.02. The number of benzene rings is 1. The molecule has 1 atom stereocenters. The SMILES string of the molecule is CCCCCC1CC=C(c2cc(OC)cc(OC)c2)CC1. The van der Waals surface area contributed by atoms with Crippen molar-refractivity contribution in [2.24, 2.45) is 5.92 Å². The normalized spacial score (nSPS) is 18.2. The van der Waals surface area contributed by atoms with E-state index in [1.807, 2.05) is 6.07 Å². The molecule has 0 amide bonds. The Bertz CT molecular complexity index is 454. The highest BCUT2D eigenvalue weighted by atomic mass is 16.5. The highest BCUT2D eigenvalue weighted by molar-refractivity contribution is 5.68. The summed E-state index contributed by atoms with van der Waals surface area (Å²) in [5.74, 6) is 2.62. The smallest absolute Gasteiger partial charge is 0.123 e. The summed E-state index contributed by atoms with van der Waals surface area (Å²) in [6.07, 6.45) is 11.6. The molecule has 0 radical (unpaired) electrons. The van der Waals surface area contributed by atoms with Gasteiger partial charge in [-0.15, -0.1) is 0 Å². The van der Waals surface area contributed by atoms with Gasteiger partial charge in [0, 0.05) is 6.07 Å². The largest absolute Gasteiger partial charge is 0.497 e. The van der Waals surface area contributed by atoms with Gasteiger partial charge in [0.15, 0.2) is 0 Å². The van der Waals surface area contributed by atoms with E-state index in [0.717, 1.165) is 17.4 Å².